The fourth-order valence-corrected chi connectivity index (χ4v) is 1.01. The highest BCUT2D eigenvalue weighted by molar-refractivity contribution is 7.81. The zero-order chi connectivity index (χ0) is 12.1. The molecule has 0 rings (SSSR count). The Morgan fingerprint density at radius 1 is 1.06 bits per heavy atom. The number of rotatable bonds is 11. The fraction of sp³-hybridized carbons (Fsp3) is 0.900. The molecule has 0 aromatic heterocycles. The third kappa shape index (κ3) is 11.8. The van der Waals surface area contributed by atoms with Gasteiger partial charge in [-0.25, -0.2) is 0 Å². The van der Waals surface area contributed by atoms with Crippen LogP contribution < -0.4 is 5.32 Å². The van der Waals surface area contributed by atoms with Gasteiger partial charge in [0.2, 0.25) is 5.91 Å². The molecule has 96 valence electrons. The monoisotopic (exact) mass is 251 g/mol. The van der Waals surface area contributed by atoms with Crippen molar-refractivity contribution >= 4 is 18.5 Å². The molecule has 0 saturated heterocycles. The second-order valence-corrected chi connectivity index (χ2v) is 3.25. The largest absolute Gasteiger partial charge is 0.379 e. The van der Waals surface area contributed by atoms with E-state index >= 15 is 0 Å². The van der Waals surface area contributed by atoms with Crippen molar-refractivity contribution in [3.05, 3.63) is 0 Å². The van der Waals surface area contributed by atoms with E-state index in [-0.39, 0.29) is 11.7 Å². The maximum absolute atomic E-state index is 10.8. The van der Waals surface area contributed by atoms with Crippen LogP contribution in [-0.4, -0.2) is 57.8 Å². The van der Waals surface area contributed by atoms with Crippen LogP contribution in [0.3, 0.4) is 0 Å². The van der Waals surface area contributed by atoms with Crippen molar-refractivity contribution in [3.8, 4) is 0 Å². The van der Waals surface area contributed by atoms with Gasteiger partial charge in [0.15, 0.2) is 0 Å². The van der Waals surface area contributed by atoms with Crippen molar-refractivity contribution in [1.29, 1.82) is 0 Å². The minimum atomic E-state index is -0.0834. The van der Waals surface area contributed by atoms with Gasteiger partial charge < -0.3 is 19.5 Å². The Bertz CT molecular complexity index is 169. The lowest BCUT2D eigenvalue weighted by molar-refractivity contribution is -0.118. The number of thiol groups is 1. The van der Waals surface area contributed by atoms with Gasteiger partial charge in [-0.2, -0.15) is 12.6 Å². The van der Waals surface area contributed by atoms with Gasteiger partial charge >= 0.3 is 0 Å². The zero-order valence-electron chi connectivity index (χ0n) is 9.74. The van der Waals surface area contributed by atoms with Crippen LogP contribution in [0, 0.1) is 0 Å². The Kier molecular flexibility index (Phi) is 12.5. The Morgan fingerprint density at radius 3 is 2.19 bits per heavy atom. The van der Waals surface area contributed by atoms with Crippen LogP contribution in [0.2, 0.25) is 0 Å². The van der Waals surface area contributed by atoms with E-state index in [1.54, 1.807) is 0 Å². The lowest BCUT2D eigenvalue weighted by Gasteiger charge is -2.06. The van der Waals surface area contributed by atoms with E-state index in [0.717, 1.165) is 0 Å². The average molecular weight is 251 g/mol. The first kappa shape index (κ1) is 15.7. The van der Waals surface area contributed by atoms with Gasteiger partial charge in [0, 0.05) is 13.2 Å². The SMILES string of the molecule is CCOCCOCCOCCNC(=O)CS. The van der Waals surface area contributed by atoms with Gasteiger partial charge in [-0.05, 0) is 6.92 Å². The van der Waals surface area contributed by atoms with E-state index in [1.165, 1.54) is 0 Å². The van der Waals surface area contributed by atoms with E-state index in [4.69, 9.17) is 14.2 Å². The van der Waals surface area contributed by atoms with Crippen molar-refractivity contribution in [2.45, 2.75) is 6.92 Å². The molecule has 0 bridgehead atoms. The van der Waals surface area contributed by atoms with E-state index in [2.05, 4.69) is 17.9 Å². The van der Waals surface area contributed by atoms with Crippen LogP contribution in [0.15, 0.2) is 0 Å². The lowest BCUT2D eigenvalue weighted by atomic mass is 10.6. The summed E-state index contributed by atoms with van der Waals surface area (Å²) < 4.78 is 15.6. The van der Waals surface area contributed by atoms with Gasteiger partial charge in [-0.3, -0.25) is 4.79 Å². The number of hydrogen-bond acceptors (Lipinski definition) is 5. The minimum absolute atomic E-state index is 0.0834. The first-order valence-corrected chi connectivity index (χ1v) is 6.05. The maximum atomic E-state index is 10.8. The minimum Gasteiger partial charge on any atom is -0.379 e. The summed E-state index contributed by atoms with van der Waals surface area (Å²) in [6.45, 7) is 5.96. The second kappa shape index (κ2) is 12.8. The molecule has 0 fully saturated rings. The van der Waals surface area contributed by atoms with Crippen molar-refractivity contribution in [1.82, 2.24) is 5.32 Å². The second-order valence-electron chi connectivity index (χ2n) is 2.93. The quantitative estimate of drug-likeness (QED) is 0.404. The van der Waals surface area contributed by atoms with Gasteiger partial charge in [-0.15, -0.1) is 0 Å². The van der Waals surface area contributed by atoms with Crippen LogP contribution in [0.5, 0.6) is 0 Å². The number of carbonyl (C=O) groups is 1. The Balaban J connectivity index is 2.96. The fourth-order valence-electron chi connectivity index (χ4n) is 0.903. The summed E-state index contributed by atoms with van der Waals surface area (Å²) in [5.41, 5.74) is 0. The molecule has 0 aliphatic carbocycles. The maximum Gasteiger partial charge on any atom is 0.229 e. The summed E-state index contributed by atoms with van der Waals surface area (Å²) in [5, 5.41) is 2.65. The lowest BCUT2D eigenvalue weighted by Crippen LogP contribution is -2.28. The van der Waals surface area contributed by atoms with Crippen molar-refractivity contribution in [3.63, 3.8) is 0 Å². The molecule has 0 aromatic rings. The van der Waals surface area contributed by atoms with Crippen molar-refractivity contribution < 1.29 is 19.0 Å². The first-order valence-electron chi connectivity index (χ1n) is 5.42. The molecule has 0 saturated carbocycles. The van der Waals surface area contributed by atoms with Crippen LogP contribution in [-0.2, 0) is 19.0 Å². The third-order valence-electron chi connectivity index (χ3n) is 1.66. The van der Waals surface area contributed by atoms with Crippen LogP contribution in [0.4, 0.5) is 0 Å². The molecule has 5 nitrogen and oxygen atoms in total. The topological polar surface area (TPSA) is 56.8 Å². The van der Waals surface area contributed by atoms with E-state index < -0.39 is 0 Å². The summed E-state index contributed by atoms with van der Waals surface area (Å²) in [5.74, 6) is 0.125. The summed E-state index contributed by atoms with van der Waals surface area (Å²) in [4.78, 5) is 10.8. The van der Waals surface area contributed by atoms with Crippen LogP contribution in [0.1, 0.15) is 6.92 Å². The summed E-state index contributed by atoms with van der Waals surface area (Å²) in [7, 11) is 0. The molecule has 0 atom stereocenters. The molecule has 1 amide bonds. The molecule has 1 N–H and O–H groups in total. The van der Waals surface area contributed by atoms with E-state index in [0.29, 0.717) is 46.2 Å². The number of nitrogens with one attached hydrogen (secondary N) is 1. The smallest absolute Gasteiger partial charge is 0.229 e. The summed E-state index contributed by atoms with van der Waals surface area (Å²) >= 11 is 3.83. The standard InChI is InChI=1S/C10H21NO4S/c1-2-13-5-6-15-8-7-14-4-3-11-10(12)9-16/h16H,2-9H2,1H3,(H,11,12). The summed E-state index contributed by atoms with van der Waals surface area (Å²) in [6, 6.07) is 0. The van der Waals surface area contributed by atoms with Crippen LogP contribution >= 0.6 is 12.6 Å². The van der Waals surface area contributed by atoms with Gasteiger partial charge in [-0.1, -0.05) is 0 Å². The molecule has 0 unspecified atom stereocenters. The van der Waals surface area contributed by atoms with E-state index in [9.17, 15) is 4.79 Å². The molecule has 0 aliphatic rings. The number of hydrogen-bond donors (Lipinski definition) is 2. The molecule has 0 aromatic carbocycles. The number of amides is 1. The number of ether oxygens (including phenoxy) is 3. The predicted octanol–water partition coefficient (Wildman–Crippen LogP) is 0.102. The summed E-state index contributed by atoms with van der Waals surface area (Å²) in [6.07, 6.45) is 0. The molecule has 6 heteroatoms. The molecule has 0 spiro atoms. The average Bonchev–Trinajstić information content (AvgIpc) is 2.31. The van der Waals surface area contributed by atoms with Crippen molar-refractivity contribution in [2.24, 2.45) is 0 Å². The predicted molar refractivity (Wildman–Crippen MR) is 65.0 cm³/mol. The van der Waals surface area contributed by atoms with Crippen LogP contribution in [0.25, 0.3) is 0 Å². The number of carbonyl (C=O) groups excluding carboxylic acids is 1. The Hall–Kier alpha value is -0.300. The highest BCUT2D eigenvalue weighted by Crippen LogP contribution is 1.81. The molecular formula is C10H21NO4S. The first-order chi connectivity index (χ1) is 7.81. The van der Waals surface area contributed by atoms with Gasteiger partial charge in [0.05, 0.1) is 38.8 Å². The Labute approximate surface area is 102 Å². The molecule has 0 aliphatic heterocycles. The van der Waals surface area contributed by atoms with Crippen molar-refractivity contribution in [2.75, 3.05) is 51.9 Å². The Morgan fingerprint density at radius 2 is 1.62 bits per heavy atom. The normalized spacial score (nSPS) is 10.4. The highest BCUT2D eigenvalue weighted by Gasteiger charge is 1.95. The zero-order valence-corrected chi connectivity index (χ0v) is 10.6. The molecule has 16 heavy (non-hydrogen) atoms. The third-order valence-corrected chi connectivity index (χ3v) is 1.95. The van der Waals surface area contributed by atoms with E-state index in [1.807, 2.05) is 6.92 Å². The highest BCUT2D eigenvalue weighted by atomic mass is 32.1. The van der Waals surface area contributed by atoms with Gasteiger partial charge in [0.1, 0.15) is 0 Å². The molecule has 0 radical (unpaired) electrons. The molecule has 0 heterocycles. The molecular weight excluding hydrogens is 230 g/mol. The van der Waals surface area contributed by atoms with Gasteiger partial charge in [0.25, 0.3) is 0 Å².